The van der Waals surface area contributed by atoms with E-state index in [0.717, 1.165) is 25.3 Å². The normalized spacial score (nSPS) is 22.9. The molecule has 2 rings (SSSR count). The summed E-state index contributed by atoms with van der Waals surface area (Å²) in [6.07, 6.45) is 0. The molecule has 0 bridgehead atoms. The zero-order valence-corrected chi connectivity index (χ0v) is 7.46. The maximum absolute atomic E-state index is 5.61. The van der Waals surface area contributed by atoms with E-state index >= 15 is 0 Å². The molecule has 0 radical (unpaired) electrons. The highest BCUT2D eigenvalue weighted by molar-refractivity contribution is 5.30. The Morgan fingerprint density at radius 3 is 3.00 bits per heavy atom. The number of nitrogens with one attached hydrogen (secondary N) is 2. The van der Waals surface area contributed by atoms with E-state index in [-0.39, 0.29) is 0 Å². The first-order valence-corrected chi connectivity index (χ1v) is 4.53. The number of nitrogen functional groups attached to an aromatic ring is 1. The van der Waals surface area contributed by atoms with E-state index in [9.17, 15) is 0 Å². The van der Waals surface area contributed by atoms with Gasteiger partial charge < -0.3 is 16.4 Å². The zero-order valence-electron chi connectivity index (χ0n) is 7.46. The fourth-order valence-electron chi connectivity index (χ4n) is 1.53. The van der Waals surface area contributed by atoms with Crippen LogP contribution < -0.4 is 16.4 Å². The van der Waals surface area contributed by atoms with Crippen LogP contribution in [-0.2, 0) is 0 Å². The van der Waals surface area contributed by atoms with Gasteiger partial charge in [0.25, 0.3) is 0 Å². The largest absolute Gasteiger partial charge is 0.384 e. The Balaban J connectivity index is 2.14. The van der Waals surface area contributed by atoms with E-state index < -0.39 is 0 Å². The van der Waals surface area contributed by atoms with Crippen LogP contribution in [0.5, 0.6) is 0 Å². The lowest BCUT2D eigenvalue weighted by atomic mass is 10.1. The van der Waals surface area contributed by atoms with Crippen LogP contribution in [0.4, 0.5) is 5.82 Å². The summed E-state index contributed by atoms with van der Waals surface area (Å²) in [4.78, 5) is 4.27. The molecule has 0 unspecified atom stereocenters. The molecule has 70 valence electrons. The fourth-order valence-corrected chi connectivity index (χ4v) is 1.53. The van der Waals surface area contributed by atoms with Gasteiger partial charge >= 0.3 is 0 Å². The highest BCUT2D eigenvalue weighted by Gasteiger charge is 2.14. The minimum Gasteiger partial charge on any atom is -0.384 e. The summed E-state index contributed by atoms with van der Waals surface area (Å²) < 4.78 is 0. The first-order chi connectivity index (χ1) is 6.36. The van der Waals surface area contributed by atoms with Crippen LogP contribution in [0.2, 0.25) is 0 Å². The average Bonchev–Trinajstić information content (AvgIpc) is 2.19. The van der Waals surface area contributed by atoms with Crippen LogP contribution in [0.3, 0.4) is 0 Å². The molecule has 1 saturated heterocycles. The van der Waals surface area contributed by atoms with Gasteiger partial charge in [-0.3, -0.25) is 0 Å². The minimum absolute atomic E-state index is 0.303. The highest BCUT2D eigenvalue weighted by atomic mass is 15.1. The quantitative estimate of drug-likeness (QED) is 0.562. The summed E-state index contributed by atoms with van der Waals surface area (Å²) >= 11 is 0. The second-order valence-corrected chi connectivity index (χ2v) is 3.20. The summed E-state index contributed by atoms with van der Waals surface area (Å²) in [6.45, 7) is 2.94. The molecule has 0 saturated carbocycles. The van der Waals surface area contributed by atoms with E-state index in [1.165, 1.54) is 0 Å². The number of rotatable bonds is 1. The molecule has 0 amide bonds. The van der Waals surface area contributed by atoms with E-state index in [1.807, 2.05) is 12.1 Å². The van der Waals surface area contributed by atoms with E-state index in [1.54, 1.807) is 6.07 Å². The Kier molecular flexibility index (Phi) is 2.42. The summed E-state index contributed by atoms with van der Waals surface area (Å²) in [5.41, 5.74) is 6.63. The highest BCUT2D eigenvalue weighted by Crippen LogP contribution is 2.11. The molecule has 0 aliphatic carbocycles. The Hall–Kier alpha value is -1.13. The third-order valence-electron chi connectivity index (χ3n) is 2.19. The number of hydrogen-bond acceptors (Lipinski definition) is 4. The summed E-state index contributed by atoms with van der Waals surface area (Å²) in [5, 5.41) is 6.69. The van der Waals surface area contributed by atoms with Crippen molar-refractivity contribution < 1.29 is 0 Å². The van der Waals surface area contributed by atoms with Crippen LogP contribution in [0.15, 0.2) is 18.2 Å². The first kappa shape index (κ1) is 8.47. The average molecular weight is 178 g/mol. The van der Waals surface area contributed by atoms with Gasteiger partial charge in [0.1, 0.15) is 5.82 Å². The van der Waals surface area contributed by atoms with E-state index in [0.29, 0.717) is 11.9 Å². The van der Waals surface area contributed by atoms with Crippen LogP contribution in [0, 0.1) is 0 Å². The molecule has 0 spiro atoms. The molecule has 0 aromatic carbocycles. The number of aromatic nitrogens is 1. The molecule has 13 heavy (non-hydrogen) atoms. The standard InChI is InChI=1S/C9H14N4/c10-9-3-1-2-7(13-9)8-6-11-4-5-12-8/h1-3,8,11-12H,4-6H2,(H2,10,13)/t8-/m1/s1. The van der Waals surface area contributed by atoms with Gasteiger partial charge in [-0.05, 0) is 12.1 Å². The molecule has 2 heterocycles. The smallest absolute Gasteiger partial charge is 0.123 e. The second kappa shape index (κ2) is 3.72. The van der Waals surface area contributed by atoms with Crippen molar-refractivity contribution >= 4 is 5.82 Å². The zero-order chi connectivity index (χ0) is 9.10. The Morgan fingerprint density at radius 1 is 1.38 bits per heavy atom. The van der Waals surface area contributed by atoms with Gasteiger partial charge in [0.2, 0.25) is 0 Å². The molecule has 1 atom stereocenters. The maximum Gasteiger partial charge on any atom is 0.123 e. The van der Waals surface area contributed by atoms with Gasteiger partial charge in [0.05, 0.1) is 11.7 Å². The van der Waals surface area contributed by atoms with Crippen molar-refractivity contribution in [2.24, 2.45) is 0 Å². The van der Waals surface area contributed by atoms with Crippen LogP contribution in [-0.4, -0.2) is 24.6 Å². The first-order valence-electron chi connectivity index (χ1n) is 4.53. The summed E-state index contributed by atoms with van der Waals surface area (Å²) in [7, 11) is 0. The number of anilines is 1. The van der Waals surface area contributed by atoms with Crippen molar-refractivity contribution in [3.8, 4) is 0 Å². The number of hydrogen-bond donors (Lipinski definition) is 3. The van der Waals surface area contributed by atoms with Crippen molar-refractivity contribution in [3.63, 3.8) is 0 Å². The SMILES string of the molecule is Nc1cccc([C@H]2CNCCN2)n1. The van der Waals surface area contributed by atoms with Gasteiger partial charge in [0, 0.05) is 19.6 Å². The van der Waals surface area contributed by atoms with Crippen LogP contribution in [0.25, 0.3) is 0 Å². The Bertz CT molecular complexity index is 281. The Labute approximate surface area is 77.5 Å². The van der Waals surface area contributed by atoms with Gasteiger partial charge in [-0.2, -0.15) is 0 Å². The molecule has 1 aromatic heterocycles. The van der Waals surface area contributed by atoms with Crippen molar-refractivity contribution in [2.75, 3.05) is 25.4 Å². The van der Waals surface area contributed by atoms with Crippen molar-refractivity contribution in [3.05, 3.63) is 23.9 Å². The second-order valence-electron chi connectivity index (χ2n) is 3.20. The van der Waals surface area contributed by atoms with E-state index in [4.69, 9.17) is 5.73 Å². The molecule has 4 N–H and O–H groups in total. The molecule has 1 aliphatic heterocycles. The minimum atomic E-state index is 0.303. The van der Waals surface area contributed by atoms with Gasteiger partial charge in [-0.1, -0.05) is 6.07 Å². The molecule has 4 nitrogen and oxygen atoms in total. The van der Waals surface area contributed by atoms with Crippen molar-refractivity contribution in [2.45, 2.75) is 6.04 Å². The third-order valence-corrected chi connectivity index (χ3v) is 2.19. The summed E-state index contributed by atoms with van der Waals surface area (Å²) in [6, 6.07) is 6.05. The number of pyridine rings is 1. The molecule has 1 aromatic rings. The van der Waals surface area contributed by atoms with Crippen molar-refractivity contribution in [1.29, 1.82) is 0 Å². The topological polar surface area (TPSA) is 63.0 Å². The predicted molar refractivity (Wildman–Crippen MR) is 52.3 cm³/mol. The number of nitrogens with two attached hydrogens (primary N) is 1. The van der Waals surface area contributed by atoms with Crippen LogP contribution >= 0.6 is 0 Å². The number of nitrogens with zero attached hydrogens (tertiary/aromatic N) is 1. The lowest BCUT2D eigenvalue weighted by Crippen LogP contribution is -2.42. The van der Waals surface area contributed by atoms with E-state index in [2.05, 4.69) is 15.6 Å². The number of piperazine rings is 1. The van der Waals surface area contributed by atoms with Gasteiger partial charge in [0.15, 0.2) is 0 Å². The monoisotopic (exact) mass is 178 g/mol. The third kappa shape index (κ3) is 1.96. The fraction of sp³-hybridized carbons (Fsp3) is 0.444. The summed E-state index contributed by atoms with van der Waals surface area (Å²) in [5.74, 6) is 0.588. The molecular weight excluding hydrogens is 164 g/mol. The predicted octanol–water partition coefficient (Wildman–Crippen LogP) is -0.102. The molecular formula is C9H14N4. The molecule has 1 aliphatic rings. The Morgan fingerprint density at radius 2 is 2.31 bits per heavy atom. The lowest BCUT2D eigenvalue weighted by Gasteiger charge is -2.23. The lowest BCUT2D eigenvalue weighted by molar-refractivity contribution is 0.423. The van der Waals surface area contributed by atoms with Gasteiger partial charge in [-0.15, -0.1) is 0 Å². The molecule has 1 fully saturated rings. The van der Waals surface area contributed by atoms with Gasteiger partial charge in [-0.25, -0.2) is 4.98 Å². The molecule has 4 heteroatoms. The van der Waals surface area contributed by atoms with Crippen molar-refractivity contribution in [1.82, 2.24) is 15.6 Å². The maximum atomic E-state index is 5.61. The van der Waals surface area contributed by atoms with Crippen LogP contribution in [0.1, 0.15) is 11.7 Å².